The van der Waals surface area contributed by atoms with Gasteiger partial charge in [0.05, 0.1) is 11.3 Å². The Balaban J connectivity index is 1.95. The van der Waals surface area contributed by atoms with Gasteiger partial charge in [-0.1, -0.05) is 30.3 Å². The van der Waals surface area contributed by atoms with Gasteiger partial charge in [-0.15, -0.1) is 0 Å². The number of hydrogen-bond donors (Lipinski definition) is 2. The van der Waals surface area contributed by atoms with E-state index in [1.165, 1.54) is 5.56 Å². The molecule has 2 aromatic carbocycles. The minimum Gasteiger partial charge on any atom is -0.399 e. The highest BCUT2D eigenvalue weighted by Crippen LogP contribution is 2.19. The van der Waals surface area contributed by atoms with Crippen LogP contribution in [0.1, 0.15) is 24.5 Å². The number of hydrogen-bond acceptors (Lipinski definition) is 3. The third-order valence-electron chi connectivity index (χ3n) is 3.27. The van der Waals surface area contributed by atoms with E-state index in [2.05, 4.69) is 42.6 Å². The van der Waals surface area contributed by atoms with E-state index in [4.69, 9.17) is 11.0 Å². The van der Waals surface area contributed by atoms with E-state index in [1.807, 2.05) is 18.2 Å². The maximum absolute atomic E-state index is 9.12. The number of benzene rings is 2. The average molecular weight is 265 g/mol. The summed E-state index contributed by atoms with van der Waals surface area (Å²) in [5.41, 5.74) is 9.08. The fraction of sp³-hybridized carbons (Fsp3) is 0.235. The van der Waals surface area contributed by atoms with Gasteiger partial charge in [0.25, 0.3) is 0 Å². The van der Waals surface area contributed by atoms with Crippen molar-refractivity contribution in [1.29, 1.82) is 5.26 Å². The third-order valence-corrected chi connectivity index (χ3v) is 3.27. The van der Waals surface area contributed by atoms with Crippen LogP contribution in [0.25, 0.3) is 0 Å². The second kappa shape index (κ2) is 6.63. The first-order valence-electron chi connectivity index (χ1n) is 6.79. The second-order valence-electron chi connectivity index (χ2n) is 4.99. The highest BCUT2D eigenvalue weighted by Gasteiger charge is 2.07. The smallest absolute Gasteiger partial charge is 0.101 e. The SMILES string of the molecule is C[C@H](CCc1ccccc1)Nc1ccc(N)cc1C#N. The lowest BCUT2D eigenvalue weighted by atomic mass is 10.1. The van der Waals surface area contributed by atoms with E-state index in [-0.39, 0.29) is 0 Å². The number of rotatable bonds is 5. The topological polar surface area (TPSA) is 61.8 Å². The number of anilines is 2. The molecule has 0 aromatic heterocycles. The zero-order valence-corrected chi connectivity index (χ0v) is 11.6. The molecule has 2 rings (SSSR count). The van der Waals surface area contributed by atoms with Crippen molar-refractivity contribution in [3.63, 3.8) is 0 Å². The van der Waals surface area contributed by atoms with Crippen molar-refractivity contribution in [2.24, 2.45) is 0 Å². The number of aryl methyl sites for hydroxylation is 1. The molecule has 2 aromatic rings. The molecule has 0 heterocycles. The molecule has 0 saturated heterocycles. The van der Waals surface area contributed by atoms with E-state index in [0.717, 1.165) is 18.5 Å². The molecule has 3 nitrogen and oxygen atoms in total. The van der Waals surface area contributed by atoms with Gasteiger partial charge < -0.3 is 11.1 Å². The lowest BCUT2D eigenvalue weighted by molar-refractivity contribution is 0.706. The molecule has 20 heavy (non-hydrogen) atoms. The molecule has 0 aliphatic carbocycles. The number of nitriles is 1. The number of nitrogens with two attached hydrogens (primary N) is 1. The van der Waals surface area contributed by atoms with Gasteiger partial charge in [0, 0.05) is 11.7 Å². The molecule has 0 aliphatic rings. The summed E-state index contributed by atoms with van der Waals surface area (Å²) in [5.74, 6) is 0. The fourth-order valence-corrected chi connectivity index (χ4v) is 2.15. The minimum atomic E-state index is 0.297. The Morgan fingerprint density at radius 3 is 2.65 bits per heavy atom. The Bertz CT molecular complexity index is 599. The van der Waals surface area contributed by atoms with Crippen molar-refractivity contribution in [3.05, 3.63) is 59.7 Å². The van der Waals surface area contributed by atoms with E-state index in [1.54, 1.807) is 6.07 Å². The second-order valence-corrected chi connectivity index (χ2v) is 4.99. The van der Waals surface area contributed by atoms with Gasteiger partial charge in [0.1, 0.15) is 6.07 Å². The van der Waals surface area contributed by atoms with Crippen LogP contribution >= 0.6 is 0 Å². The Morgan fingerprint density at radius 2 is 1.95 bits per heavy atom. The molecular weight excluding hydrogens is 246 g/mol. The van der Waals surface area contributed by atoms with E-state index in [9.17, 15) is 0 Å². The highest BCUT2D eigenvalue weighted by molar-refractivity contribution is 5.63. The Kier molecular flexibility index (Phi) is 4.62. The van der Waals surface area contributed by atoms with E-state index < -0.39 is 0 Å². The number of nitrogens with zero attached hydrogens (tertiary/aromatic N) is 1. The van der Waals surface area contributed by atoms with Crippen molar-refractivity contribution >= 4 is 11.4 Å². The summed E-state index contributed by atoms with van der Waals surface area (Å²) in [6, 6.07) is 18.3. The van der Waals surface area contributed by atoms with Gasteiger partial charge in [-0.05, 0) is 43.5 Å². The zero-order chi connectivity index (χ0) is 14.4. The zero-order valence-electron chi connectivity index (χ0n) is 11.6. The summed E-state index contributed by atoms with van der Waals surface area (Å²) < 4.78 is 0. The molecular formula is C17H19N3. The van der Waals surface area contributed by atoms with Crippen LogP contribution in [0.3, 0.4) is 0 Å². The first kappa shape index (κ1) is 14.0. The van der Waals surface area contributed by atoms with Gasteiger partial charge in [-0.2, -0.15) is 5.26 Å². The van der Waals surface area contributed by atoms with Gasteiger partial charge in [0.2, 0.25) is 0 Å². The molecule has 0 unspecified atom stereocenters. The van der Waals surface area contributed by atoms with Crippen LogP contribution in [0.5, 0.6) is 0 Å². The molecule has 0 radical (unpaired) electrons. The van der Waals surface area contributed by atoms with Crippen molar-refractivity contribution in [3.8, 4) is 6.07 Å². The van der Waals surface area contributed by atoms with Crippen LogP contribution in [-0.4, -0.2) is 6.04 Å². The summed E-state index contributed by atoms with van der Waals surface area (Å²) in [6.45, 7) is 2.13. The van der Waals surface area contributed by atoms with E-state index >= 15 is 0 Å². The predicted molar refractivity (Wildman–Crippen MR) is 83.4 cm³/mol. The van der Waals surface area contributed by atoms with Crippen LogP contribution < -0.4 is 11.1 Å². The quantitative estimate of drug-likeness (QED) is 0.812. The van der Waals surface area contributed by atoms with Crippen molar-refractivity contribution in [2.45, 2.75) is 25.8 Å². The molecule has 0 bridgehead atoms. The van der Waals surface area contributed by atoms with Crippen LogP contribution in [-0.2, 0) is 6.42 Å². The van der Waals surface area contributed by atoms with Gasteiger partial charge in [-0.25, -0.2) is 0 Å². The van der Waals surface area contributed by atoms with Crippen molar-refractivity contribution in [1.82, 2.24) is 0 Å². The Labute approximate surface area is 120 Å². The van der Waals surface area contributed by atoms with Gasteiger partial charge in [0.15, 0.2) is 0 Å². The normalized spacial score (nSPS) is 11.6. The molecule has 0 aliphatic heterocycles. The monoisotopic (exact) mass is 265 g/mol. The summed E-state index contributed by atoms with van der Waals surface area (Å²) in [7, 11) is 0. The summed E-state index contributed by atoms with van der Waals surface area (Å²) in [4.78, 5) is 0. The first-order valence-corrected chi connectivity index (χ1v) is 6.79. The minimum absolute atomic E-state index is 0.297. The van der Waals surface area contributed by atoms with Crippen LogP contribution in [0, 0.1) is 11.3 Å². The van der Waals surface area contributed by atoms with Gasteiger partial charge >= 0.3 is 0 Å². The lowest BCUT2D eigenvalue weighted by Gasteiger charge is -2.16. The molecule has 0 fully saturated rings. The molecule has 0 amide bonds. The van der Waals surface area contributed by atoms with Crippen molar-refractivity contribution in [2.75, 3.05) is 11.1 Å². The molecule has 3 heteroatoms. The molecule has 0 spiro atoms. The van der Waals surface area contributed by atoms with Crippen LogP contribution in [0.15, 0.2) is 48.5 Å². The van der Waals surface area contributed by atoms with E-state index in [0.29, 0.717) is 17.3 Å². The summed E-state index contributed by atoms with van der Waals surface area (Å²) in [5, 5.41) is 12.5. The molecule has 0 saturated carbocycles. The molecule has 3 N–H and O–H groups in total. The van der Waals surface area contributed by atoms with Crippen molar-refractivity contribution < 1.29 is 0 Å². The Hall–Kier alpha value is -2.47. The third kappa shape index (κ3) is 3.76. The maximum atomic E-state index is 9.12. The average Bonchev–Trinajstić information content (AvgIpc) is 2.48. The summed E-state index contributed by atoms with van der Waals surface area (Å²) in [6.07, 6.45) is 2.03. The lowest BCUT2D eigenvalue weighted by Crippen LogP contribution is -2.16. The number of nitrogens with one attached hydrogen (secondary N) is 1. The maximum Gasteiger partial charge on any atom is 0.101 e. The standard InChI is InChI=1S/C17H19N3/c1-13(7-8-14-5-3-2-4-6-14)20-17-10-9-16(19)11-15(17)12-18/h2-6,9-11,13,20H,7-8,19H2,1H3/t13-/m1/s1. The number of nitrogen functional groups attached to an aromatic ring is 1. The highest BCUT2D eigenvalue weighted by atomic mass is 14.9. The molecule has 1 atom stereocenters. The fourth-order valence-electron chi connectivity index (χ4n) is 2.15. The Morgan fingerprint density at radius 1 is 1.20 bits per heavy atom. The largest absolute Gasteiger partial charge is 0.399 e. The van der Waals surface area contributed by atoms with Crippen LogP contribution in [0.2, 0.25) is 0 Å². The summed E-state index contributed by atoms with van der Waals surface area (Å²) >= 11 is 0. The predicted octanol–water partition coefficient (Wildman–Crippen LogP) is 3.57. The van der Waals surface area contributed by atoms with Crippen LogP contribution in [0.4, 0.5) is 11.4 Å². The first-order chi connectivity index (χ1) is 9.69. The molecule has 102 valence electrons. The van der Waals surface area contributed by atoms with Gasteiger partial charge in [-0.3, -0.25) is 0 Å².